The summed E-state index contributed by atoms with van der Waals surface area (Å²) in [6, 6.07) is 5.32. The maximum absolute atomic E-state index is 13.2. The van der Waals surface area contributed by atoms with Crippen molar-refractivity contribution in [2.75, 3.05) is 19.7 Å². The minimum Gasteiger partial charge on any atom is -0.493 e. The van der Waals surface area contributed by atoms with Crippen LogP contribution in [0.1, 0.15) is 253 Å². The number of benzene rings is 1. The van der Waals surface area contributed by atoms with Gasteiger partial charge in [0.1, 0.15) is 5.75 Å². The van der Waals surface area contributed by atoms with Crippen LogP contribution in [0.2, 0.25) is 0 Å². The molecule has 0 aliphatic carbocycles. The number of unbranched alkanes of at least 4 members (excludes halogenated alkanes) is 30. The van der Waals surface area contributed by atoms with Gasteiger partial charge in [-0.1, -0.05) is 213 Å². The van der Waals surface area contributed by atoms with Crippen molar-refractivity contribution in [2.45, 2.75) is 233 Å². The second-order valence-corrected chi connectivity index (χ2v) is 15.7. The van der Waals surface area contributed by atoms with Gasteiger partial charge in [0.15, 0.2) is 0 Å². The molecule has 0 aliphatic heterocycles. The highest BCUT2D eigenvalue weighted by molar-refractivity contribution is 6.00. The van der Waals surface area contributed by atoms with Crippen LogP contribution in [0.15, 0.2) is 18.2 Å². The lowest BCUT2D eigenvalue weighted by Crippen LogP contribution is -2.26. The number of carbonyl (C=O) groups is 2. The topological polar surface area (TPSA) is 67.4 Å². The molecule has 0 fully saturated rings. The number of hydrogen-bond donors (Lipinski definition) is 2. The molecule has 0 saturated carbocycles. The van der Waals surface area contributed by atoms with E-state index in [-0.39, 0.29) is 11.8 Å². The molecule has 0 heterocycles. The molecule has 0 aliphatic rings. The highest BCUT2D eigenvalue weighted by Crippen LogP contribution is 2.22. The number of amides is 2. The molecule has 5 nitrogen and oxygen atoms in total. The van der Waals surface area contributed by atoms with E-state index in [1.165, 1.54) is 173 Å². The Morgan fingerprint density at radius 3 is 1.13 bits per heavy atom. The van der Waals surface area contributed by atoms with Crippen LogP contribution in [-0.2, 0) is 0 Å². The van der Waals surface area contributed by atoms with Crippen LogP contribution in [-0.4, -0.2) is 31.5 Å². The van der Waals surface area contributed by atoms with Gasteiger partial charge in [-0.15, -0.1) is 0 Å². The highest BCUT2D eigenvalue weighted by atomic mass is 16.5. The Bertz CT molecular complexity index is 949. The molecular formula is C47H86N2O3. The number of nitrogens with one attached hydrogen (secondary N) is 2. The Balaban J connectivity index is 2.32. The lowest BCUT2D eigenvalue weighted by molar-refractivity contribution is 0.0937. The Kier molecular flexibility index (Phi) is 34.4. The molecule has 0 unspecified atom stereocenters. The number of ether oxygens (including phenoxy) is 1. The van der Waals surface area contributed by atoms with Gasteiger partial charge >= 0.3 is 0 Å². The van der Waals surface area contributed by atoms with Crippen LogP contribution in [0.5, 0.6) is 5.75 Å². The van der Waals surface area contributed by atoms with Crippen molar-refractivity contribution in [3.63, 3.8) is 0 Å². The first-order chi connectivity index (χ1) is 25.6. The fourth-order valence-electron chi connectivity index (χ4n) is 7.10. The van der Waals surface area contributed by atoms with E-state index in [1.54, 1.807) is 18.2 Å². The molecule has 1 aromatic rings. The SMILES string of the molecule is CCCCCCCCCCCCCCCCNC(=O)c1ccc(C(=O)NCCCCCCCCCCCCCCCC)c(OCCCCCCC)c1. The summed E-state index contributed by atoms with van der Waals surface area (Å²) in [7, 11) is 0. The largest absolute Gasteiger partial charge is 0.493 e. The molecule has 1 rings (SSSR count). The Morgan fingerprint density at radius 2 is 0.750 bits per heavy atom. The van der Waals surface area contributed by atoms with Crippen molar-refractivity contribution in [1.82, 2.24) is 10.6 Å². The molecule has 0 atom stereocenters. The quantitative estimate of drug-likeness (QED) is 0.0664. The van der Waals surface area contributed by atoms with Crippen LogP contribution >= 0.6 is 0 Å². The van der Waals surface area contributed by atoms with Gasteiger partial charge in [0.05, 0.1) is 12.2 Å². The van der Waals surface area contributed by atoms with Gasteiger partial charge in [-0.2, -0.15) is 0 Å². The minimum absolute atomic E-state index is 0.0862. The predicted octanol–water partition coefficient (Wildman–Crippen LogP) is 14.5. The van der Waals surface area contributed by atoms with Crippen molar-refractivity contribution in [2.24, 2.45) is 0 Å². The molecule has 5 heteroatoms. The van der Waals surface area contributed by atoms with E-state index >= 15 is 0 Å². The van der Waals surface area contributed by atoms with E-state index < -0.39 is 0 Å². The van der Waals surface area contributed by atoms with E-state index in [0.29, 0.717) is 36.6 Å². The molecule has 302 valence electrons. The van der Waals surface area contributed by atoms with Gasteiger partial charge in [-0.05, 0) is 37.5 Å². The molecule has 0 bridgehead atoms. The fourth-order valence-corrected chi connectivity index (χ4v) is 7.10. The van der Waals surface area contributed by atoms with Crippen LogP contribution < -0.4 is 15.4 Å². The molecule has 52 heavy (non-hydrogen) atoms. The average Bonchev–Trinajstić information content (AvgIpc) is 3.15. The van der Waals surface area contributed by atoms with Gasteiger partial charge in [0, 0.05) is 18.7 Å². The molecule has 2 N–H and O–H groups in total. The molecular weight excluding hydrogens is 641 g/mol. The smallest absolute Gasteiger partial charge is 0.255 e. The van der Waals surface area contributed by atoms with E-state index in [9.17, 15) is 9.59 Å². The van der Waals surface area contributed by atoms with Crippen LogP contribution in [0.3, 0.4) is 0 Å². The van der Waals surface area contributed by atoms with E-state index in [1.807, 2.05) is 0 Å². The van der Waals surface area contributed by atoms with Gasteiger partial charge < -0.3 is 15.4 Å². The summed E-state index contributed by atoms with van der Waals surface area (Å²) >= 11 is 0. The van der Waals surface area contributed by atoms with Crippen LogP contribution in [0.25, 0.3) is 0 Å². The first kappa shape index (κ1) is 48.0. The van der Waals surface area contributed by atoms with Crippen LogP contribution in [0, 0.1) is 0 Å². The molecule has 0 saturated heterocycles. The highest BCUT2D eigenvalue weighted by Gasteiger charge is 2.16. The van der Waals surface area contributed by atoms with Gasteiger partial charge in [-0.3, -0.25) is 9.59 Å². The summed E-state index contributed by atoms with van der Waals surface area (Å²) in [4.78, 5) is 26.2. The average molecular weight is 727 g/mol. The van der Waals surface area contributed by atoms with E-state index in [0.717, 1.165) is 38.5 Å². The maximum Gasteiger partial charge on any atom is 0.255 e. The van der Waals surface area contributed by atoms with Crippen molar-refractivity contribution in [3.8, 4) is 5.75 Å². The van der Waals surface area contributed by atoms with Crippen molar-refractivity contribution in [3.05, 3.63) is 29.3 Å². The Labute approximate surface area is 323 Å². The zero-order valence-corrected chi connectivity index (χ0v) is 34.9. The monoisotopic (exact) mass is 727 g/mol. The molecule has 0 spiro atoms. The third kappa shape index (κ3) is 28.5. The zero-order chi connectivity index (χ0) is 37.6. The lowest BCUT2D eigenvalue weighted by Gasteiger charge is -2.14. The van der Waals surface area contributed by atoms with Gasteiger partial charge in [0.2, 0.25) is 0 Å². The van der Waals surface area contributed by atoms with Gasteiger partial charge in [0.25, 0.3) is 11.8 Å². The van der Waals surface area contributed by atoms with Crippen molar-refractivity contribution in [1.29, 1.82) is 0 Å². The third-order valence-electron chi connectivity index (χ3n) is 10.6. The summed E-state index contributed by atoms with van der Waals surface area (Å²) in [6.45, 7) is 8.70. The number of hydrogen-bond acceptors (Lipinski definition) is 3. The van der Waals surface area contributed by atoms with E-state index in [4.69, 9.17) is 4.74 Å². The first-order valence-electron chi connectivity index (χ1n) is 23.0. The molecule has 1 aromatic carbocycles. The van der Waals surface area contributed by atoms with Crippen LogP contribution in [0.4, 0.5) is 0 Å². The first-order valence-corrected chi connectivity index (χ1v) is 23.0. The standard InChI is InChI=1S/C47H86N2O3/c1-4-7-10-13-15-17-19-21-23-25-27-29-31-34-39-48-46(50)43-37-38-44(45(42-43)52-41-36-33-12-9-6-3)47(51)49-40-35-32-30-28-26-24-22-20-18-16-14-11-8-5-2/h37-38,42H,4-36,39-41H2,1-3H3,(H,48,50)(H,49,51). The molecule has 0 aromatic heterocycles. The second kappa shape index (κ2) is 37.3. The third-order valence-corrected chi connectivity index (χ3v) is 10.6. The lowest BCUT2D eigenvalue weighted by atomic mass is 10.0. The summed E-state index contributed by atoms with van der Waals surface area (Å²) in [5.41, 5.74) is 1.09. The summed E-state index contributed by atoms with van der Waals surface area (Å²) in [5, 5.41) is 6.21. The Hall–Kier alpha value is -2.04. The number of carbonyl (C=O) groups excluding carboxylic acids is 2. The van der Waals surface area contributed by atoms with Crippen molar-refractivity contribution < 1.29 is 14.3 Å². The number of rotatable bonds is 39. The second-order valence-electron chi connectivity index (χ2n) is 15.7. The van der Waals surface area contributed by atoms with E-state index in [2.05, 4.69) is 31.4 Å². The minimum atomic E-state index is -0.106. The van der Waals surface area contributed by atoms with Gasteiger partial charge in [-0.25, -0.2) is 0 Å². The fraction of sp³-hybridized carbons (Fsp3) is 0.830. The normalized spacial score (nSPS) is 11.2. The summed E-state index contributed by atoms with van der Waals surface area (Å²) in [6.07, 6.45) is 42.8. The molecule has 0 radical (unpaired) electrons. The predicted molar refractivity (Wildman–Crippen MR) is 226 cm³/mol. The summed E-state index contributed by atoms with van der Waals surface area (Å²) < 4.78 is 6.15. The Morgan fingerprint density at radius 1 is 0.423 bits per heavy atom. The molecule has 2 amide bonds. The van der Waals surface area contributed by atoms with Crippen molar-refractivity contribution >= 4 is 11.8 Å². The summed E-state index contributed by atoms with van der Waals surface area (Å²) in [5.74, 6) is 0.333. The maximum atomic E-state index is 13.2. The zero-order valence-electron chi connectivity index (χ0n) is 34.9.